The highest BCUT2D eigenvalue weighted by Gasteiger charge is 2.22. The van der Waals surface area contributed by atoms with Crippen molar-refractivity contribution in [2.24, 2.45) is 0 Å². The smallest absolute Gasteiger partial charge is 0.265 e. The van der Waals surface area contributed by atoms with Crippen LogP contribution in [-0.2, 0) is 10.0 Å². The molecule has 148 valence electrons. The van der Waals surface area contributed by atoms with Gasteiger partial charge in [0.25, 0.3) is 10.0 Å². The molecule has 0 atom stereocenters. The van der Waals surface area contributed by atoms with Crippen molar-refractivity contribution in [2.45, 2.75) is 18.7 Å². The molecule has 0 unspecified atom stereocenters. The molecular formula is C18H18N8O2S. The van der Waals surface area contributed by atoms with E-state index in [4.69, 9.17) is 0 Å². The molecule has 10 nitrogen and oxygen atoms in total. The Morgan fingerprint density at radius 1 is 1.00 bits per heavy atom. The van der Waals surface area contributed by atoms with Gasteiger partial charge in [0.1, 0.15) is 4.90 Å². The maximum Gasteiger partial charge on any atom is 0.265 e. The number of hydrogen-bond acceptors (Lipinski definition) is 7. The number of nitrogens with one attached hydrogen (secondary N) is 3. The van der Waals surface area contributed by atoms with Gasteiger partial charge in [-0.2, -0.15) is 10.2 Å². The van der Waals surface area contributed by atoms with E-state index in [1.165, 1.54) is 0 Å². The quantitative estimate of drug-likeness (QED) is 0.445. The topological polar surface area (TPSA) is 130 Å². The van der Waals surface area contributed by atoms with Gasteiger partial charge in [0, 0.05) is 23.8 Å². The number of aromatic nitrogens is 6. The Balaban J connectivity index is 1.45. The summed E-state index contributed by atoms with van der Waals surface area (Å²) in [6.45, 7) is 3.31. The summed E-state index contributed by atoms with van der Waals surface area (Å²) in [5.74, 6) is 1.16. The van der Waals surface area contributed by atoms with E-state index in [0.717, 1.165) is 5.69 Å². The zero-order valence-electron chi connectivity index (χ0n) is 15.7. The Labute approximate surface area is 167 Å². The van der Waals surface area contributed by atoms with Crippen LogP contribution in [0.25, 0.3) is 5.82 Å². The van der Waals surface area contributed by atoms with Crippen molar-refractivity contribution in [3.63, 3.8) is 0 Å². The van der Waals surface area contributed by atoms with Crippen molar-refractivity contribution < 1.29 is 8.42 Å². The molecule has 0 aliphatic rings. The summed E-state index contributed by atoms with van der Waals surface area (Å²) in [6, 6.07) is 12.2. The normalized spacial score (nSPS) is 11.4. The molecule has 3 heterocycles. The van der Waals surface area contributed by atoms with Crippen molar-refractivity contribution in [3.8, 4) is 5.82 Å². The lowest BCUT2D eigenvalue weighted by atomic mass is 10.3. The fourth-order valence-electron chi connectivity index (χ4n) is 2.83. The number of benzene rings is 1. The van der Waals surface area contributed by atoms with Crippen LogP contribution >= 0.6 is 0 Å². The van der Waals surface area contributed by atoms with Crippen molar-refractivity contribution >= 4 is 27.2 Å². The number of hydrogen-bond donors (Lipinski definition) is 3. The highest BCUT2D eigenvalue weighted by Crippen LogP contribution is 2.23. The Morgan fingerprint density at radius 2 is 1.76 bits per heavy atom. The van der Waals surface area contributed by atoms with Gasteiger partial charge in [-0.1, -0.05) is 0 Å². The summed E-state index contributed by atoms with van der Waals surface area (Å²) in [5, 5.41) is 22.1. The monoisotopic (exact) mass is 410 g/mol. The molecule has 4 aromatic rings. The molecule has 3 N–H and O–H groups in total. The first-order valence-electron chi connectivity index (χ1n) is 8.67. The number of H-pyrrole nitrogens is 1. The molecule has 0 radical (unpaired) electrons. The highest BCUT2D eigenvalue weighted by atomic mass is 32.2. The van der Waals surface area contributed by atoms with Gasteiger partial charge in [0.2, 0.25) is 0 Å². The molecule has 0 aliphatic heterocycles. The Kier molecular flexibility index (Phi) is 4.72. The van der Waals surface area contributed by atoms with Crippen LogP contribution in [0.3, 0.4) is 0 Å². The van der Waals surface area contributed by atoms with Gasteiger partial charge in [-0.25, -0.2) is 13.1 Å². The van der Waals surface area contributed by atoms with Gasteiger partial charge in [-0.15, -0.1) is 10.2 Å². The summed E-state index contributed by atoms with van der Waals surface area (Å²) < 4.78 is 29.4. The molecule has 0 fully saturated rings. The molecule has 29 heavy (non-hydrogen) atoms. The van der Waals surface area contributed by atoms with Crippen LogP contribution < -0.4 is 10.0 Å². The average Bonchev–Trinajstić information content (AvgIpc) is 3.34. The van der Waals surface area contributed by atoms with E-state index >= 15 is 0 Å². The molecule has 0 saturated heterocycles. The first kappa shape index (κ1) is 18.6. The number of sulfonamides is 1. The SMILES string of the molecule is Cc1n[nH]c(C)c1S(=O)(=O)Nc1ccc(Nc2ccc(-n3cccn3)nn2)cc1. The summed E-state index contributed by atoms with van der Waals surface area (Å²) in [5.41, 5.74) is 2.09. The van der Waals surface area contributed by atoms with E-state index in [1.54, 1.807) is 73.4 Å². The minimum atomic E-state index is -3.72. The predicted octanol–water partition coefficient (Wildman–Crippen LogP) is 2.55. The molecule has 0 spiro atoms. The Hall–Kier alpha value is -3.73. The molecule has 4 rings (SSSR count). The van der Waals surface area contributed by atoms with Gasteiger partial charge in [0.15, 0.2) is 11.6 Å². The second-order valence-electron chi connectivity index (χ2n) is 6.30. The van der Waals surface area contributed by atoms with Crippen LogP contribution in [0.1, 0.15) is 11.4 Å². The van der Waals surface area contributed by atoms with E-state index in [-0.39, 0.29) is 4.90 Å². The van der Waals surface area contributed by atoms with Crippen LogP contribution in [-0.4, -0.2) is 38.6 Å². The van der Waals surface area contributed by atoms with Gasteiger partial charge in [0.05, 0.1) is 11.4 Å². The van der Waals surface area contributed by atoms with Gasteiger partial charge >= 0.3 is 0 Å². The number of aryl methyl sites for hydroxylation is 2. The van der Waals surface area contributed by atoms with E-state index in [0.29, 0.717) is 28.7 Å². The van der Waals surface area contributed by atoms with Crippen molar-refractivity contribution in [2.75, 3.05) is 10.0 Å². The van der Waals surface area contributed by atoms with Gasteiger partial charge < -0.3 is 5.32 Å². The third-order valence-corrected chi connectivity index (χ3v) is 5.77. The number of nitrogens with zero attached hydrogens (tertiary/aromatic N) is 5. The summed E-state index contributed by atoms with van der Waals surface area (Å²) in [4.78, 5) is 0.159. The third-order valence-electron chi connectivity index (χ3n) is 4.13. The lowest BCUT2D eigenvalue weighted by Gasteiger charge is -2.10. The number of rotatable bonds is 6. The zero-order chi connectivity index (χ0) is 20.4. The highest BCUT2D eigenvalue weighted by molar-refractivity contribution is 7.92. The Morgan fingerprint density at radius 3 is 2.34 bits per heavy atom. The first-order valence-corrected chi connectivity index (χ1v) is 10.2. The molecule has 0 amide bonds. The van der Waals surface area contributed by atoms with E-state index in [2.05, 4.69) is 35.5 Å². The zero-order valence-corrected chi connectivity index (χ0v) is 16.5. The van der Waals surface area contributed by atoms with Crippen LogP contribution in [0.4, 0.5) is 17.2 Å². The average molecular weight is 410 g/mol. The van der Waals surface area contributed by atoms with Gasteiger partial charge in [-0.05, 0) is 56.3 Å². The first-order chi connectivity index (χ1) is 13.9. The van der Waals surface area contributed by atoms with Gasteiger partial charge in [-0.3, -0.25) is 9.82 Å². The second-order valence-corrected chi connectivity index (χ2v) is 7.92. The minimum Gasteiger partial charge on any atom is -0.339 e. The fraction of sp³-hybridized carbons (Fsp3) is 0.111. The standard InChI is InChI=1S/C18H18N8O2S/c1-12-18(13(2)22-21-12)29(27,28)25-15-6-4-14(5-7-15)20-16-8-9-17(24-23-16)26-11-3-10-19-26/h3-11,25H,1-2H3,(H,20,23)(H,21,22). The summed E-state index contributed by atoms with van der Waals surface area (Å²) >= 11 is 0. The second kappa shape index (κ2) is 7.36. The summed E-state index contributed by atoms with van der Waals surface area (Å²) in [7, 11) is -3.72. The van der Waals surface area contributed by atoms with Crippen LogP contribution in [0.15, 0.2) is 59.8 Å². The number of aromatic amines is 1. The molecule has 0 saturated carbocycles. The molecule has 1 aromatic carbocycles. The maximum atomic E-state index is 12.6. The lowest BCUT2D eigenvalue weighted by Crippen LogP contribution is -2.14. The largest absolute Gasteiger partial charge is 0.339 e. The van der Waals surface area contributed by atoms with E-state index in [9.17, 15) is 8.42 Å². The predicted molar refractivity (Wildman–Crippen MR) is 108 cm³/mol. The van der Waals surface area contributed by atoms with Crippen molar-refractivity contribution in [3.05, 3.63) is 66.2 Å². The van der Waals surface area contributed by atoms with E-state index in [1.807, 2.05) is 0 Å². The Bertz CT molecular complexity index is 1190. The van der Waals surface area contributed by atoms with Crippen molar-refractivity contribution in [1.29, 1.82) is 0 Å². The lowest BCUT2D eigenvalue weighted by molar-refractivity contribution is 0.600. The third kappa shape index (κ3) is 3.94. The van der Waals surface area contributed by atoms with Crippen molar-refractivity contribution in [1.82, 2.24) is 30.2 Å². The molecular weight excluding hydrogens is 392 g/mol. The molecule has 11 heteroatoms. The van der Waals surface area contributed by atoms with Crippen LogP contribution in [0.2, 0.25) is 0 Å². The van der Waals surface area contributed by atoms with E-state index < -0.39 is 10.0 Å². The fourth-order valence-corrected chi connectivity index (χ4v) is 4.26. The molecule has 0 aliphatic carbocycles. The summed E-state index contributed by atoms with van der Waals surface area (Å²) in [6.07, 6.45) is 3.45. The molecule has 0 bridgehead atoms. The number of anilines is 3. The minimum absolute atomic E-state index is 0.159. The molecule has 3 aromatic heterocycles. The van der Waals surface area contributed by atoms with Crippen LogP contribution in [0, 0.1) is 13.8 Å². The van der Waals surface area contributed by atoms with Crippen LogP contribution in [0.5, 0.6) is 0 Å². The maximum absolute atomic E-state index is 12.6.